The second-order valence-corrected chi connectivity index (χ2v) is 7.73. The van der Waals surface area contributed by atoms with Gasteiger partial charge in [0.05, 0.1) is 11.6 Å². The predicted molar refractivity (Wildman–Crippen MR) is 98.7 cm³/mol. The third-order valence-corrected chi connectivity index (χ3v) is 5.90. The van der Waals surface area contributed by atoms with Crippen LogP contribution in [0.4, 0.5) is 18.0 Å². The Morgan fingerprint density at radius 2 is 1.72 bits per heavy atom. The highest BCUT2D eigenvalue weighted by Crippen LogP contribution is 2.39. The van der Waals surface area contributed by atoms with Crippen molar-refractivity contribution in [3.05, 3.63) is 35.4 Å². The van der Waals surface area contributed by atoms with Gasteiger partial charge in [0, 0.05) is 7.05 Å². The van der Waals surface area contributed by atoms with Crippen LogP contribution in [0, 0.1) is 0 Å². The summed E-state index contributed by atoms with van der Waals surface area (Å²) in [5.41, 5.74) is -1.13. The molecule has 1 spiro atoms. The minimum atomic E-state index is -4.43. The molecular formula is C20H24F3N3O3. The summed E-state index contributed by atoms with van der Waals surface area (Å²) in [5.74, 6) is -0.887. The molecule has 1 heterocycles. The van der Waals surface area contributed by atoms with Gasteiger partial charge < -0.3 is 10.2 Å². The molecule has 158 valence electrons. The van der Waals surface area contributed by atoms with Crippen LogP contribution in [0.25, 0.3) is 0 Å². The number of amides is 4. The second-order valence-electron chi connectivity index (χ2n) is 7.73. The van der Waals surface area contributed by atoms with Crippen LogP contribution in [-0.2, 0) is 15.8 Å². The molecule has 9 heteroatoms. The Bertz CT molecular complexity index is 801. The SMILES string of the molecule is CC(NC(=O)CN1C(=O)N(C)C2(CCCCC2)C1=O)c1ccc(C(F)(F)F)cc1. The molecule has 4 amide bonds. The normalized spacial score (nSPS) is 20.3. The Labute approximate surface area is 167 Å². The summed E-state index contributed by atoms with van der Waals surface area (Å²) in [6, 6.07) is 3.43. The van der Waals surface area contributed by atoms with Crippen molar-refractivity contribution in [2.45, 2.75) is 56.8 Å². The molecule has 29 heavy (non-hydrogen) atoms. The molecule has 1 aliphatic carbocycles. The Balaban J connectivity index is 1.64. The number of imide groups is 1. The van der Waals surface area contributed by atoms with Crippen LogP contribution >= 0.6 is 0 Å². The first-order valence-electron chi connectivity index (χ1n) is 9.62. The van der Waals surface area contributed by atoms with Crippen LogP contribution in [-0.4, -0.2) is 46.8 Å². The smallest absolute Gasteiger partial charge is 0.348 e. The van der Waals surface area contributed by atoms with E-state index in [1.165, 1.54) is 17.0 Å². The first kappa shape index (κ1) is 21.1. The molecular weight excluding hydrogens is 387 g/mol. The van der Waals surface area contributed by atoms with E-state index < -0.39 is 41.8 Å². The van der Waals surface area contributed by atoms with Crippen molar-refractivity contribution in [3.8, 4) is 0 Å². The standard InChI is InChI=1S/C20H24F3N3O3/c1-13(14-6-8-15(9-7-14)20(21,22)23)24-16(27)12-26-17(28)19(25(2)18(26)29)10-4-3-5-11-19/h6-9,13H,3-5,10-12H2,1-2H3,(H,24,27). The number of rotatable bonds is 4. The van der Waals surface area contributed by atoms with Gasteiger partial charge in [-0.25, -0.2) is 4.79 Å². The third kappa shape index (κ3) is 3.95. The summed E-state index contributed by atoms with van der Waals surface area (Å²) >= 11 is 0. The summed E-state index contributed by atoms with van der Waals surface area (Å²) < 4.78 is 38.0. The van der Waals surface area contributed by atoms with Crippen molar-refractivity contribution < 1.29 is 27.6 Å². The Morgan fingerprint density at radius 1 is 1.14 bits per heavy atom. The number of carbonyl (C=O) groups is 3. The molecule has 1 aliphatic heterocycles. The zero-order chi connectivity index (χ0) is 21.4. The van der Waals surface area contributed by atoms with E-state index in [1.54, 1.807) is 14.0 Å². The van der Waals surface area contributed by atoms with E-state index in [4.69, 9.17) is 0 Å². The molecule has 1 atom stereocenters. The molecule has 2 fully saturated rings. The van der Waals surface area contributed by atoms with Gasteiger partial charge >= 0.3 is 12.2 Å². The molecule has 6 nitrogen and oxygen atoms in total. The molecule has 1 aromatic rings. The topological polar surface area (TPSA) is 69.7 Å². The number of urea groups is 1. The quantitative estimate of drug-likeness (QED) is 0.772. The Hall–Kier alpha value is -2.58. The first-order valence-corrected chi connectivity index (χ1v) is 9.62. The van der Waals surface area contributed by atoms with Crippen LogP contribution in [0.15, 0.2) is 24.3 Å². The zero-order valence-corrected chi connectivity index (χ0v) is 16.4. The number of nitrogens with one attached hydrogen (secondary N) is 1. The second kappa shape index (κ2) is 7.68. The molecule has 1 saturated heterocycles. The van der Waals surface area contributed by atoms with E-state index in [1.807, 2.05) is 0 Å². The van der Waals surface area contributed by atoms with Crippen molar-refractivity contribution in [2.75, 3.05) is 13.6 Å². The average molecular weight is 411 g/mol. The molecule has 0 aromatic heterocycles. The van der Waals surface area contributed by atoms with Gasteiger partial charge in [-0.2, -0.15) is 13.2 Å². The van der Waals surface area contributed by atoms with E-state index in [-0.39, 0.29) is 5.91 Å². The number of alkyl halides is 3. The molecule has 1 unspecified atom stereocenters. The Kier molecular flexibility index (Phi) is 5.60. The summed E-state index contributed by atoms with van der Waals surface area (Å²) in [7, 11) is 1.59. The van der Waals surface area contributed by atoms with Crippen molar-refractivity contribution in [1.82, 2.24) is 15.1 Å². The van der Waals surface area contributed by atoms with Crippen LogP contribution < -0.4 is 5.32 Å². The molecule has 3 rings (SSSR count). The van der Waals surface area contributed by atoms with E-state index in [2.05, 4.69) is 5.32 Å². The maximum atomic E-state index is 12.9. The molecule has 0 radical (unpaired) electrons. The molecule has 0 bridgehead atoms. The molecule has 1 aromatic carbocycles. The summed E-state index contributed by atoms with van der Waals surface area (Å²) in [6.07, 6.45) is -0.518. The highest BCUT2D eigenvalue weighted by molar-refractivity contribution is 6.08. The first-order chi connectivity index (χ1) is 13.6. The van der Waals surface area contributed by atoms with Crippen LogP contribution in [0.3, 0.4) is 0 Å². The molecule has 2 aliphatic rings. The highest BCUT2D eigenvalue weighted by atomic mass is 19.4. The number of hydrogen-bond donors (Lipinski definition) is 1. The minimum absolute atomic E-state index is 0.345. The largest absolute Gasteiger partial charge is 0.416 e. The lowest BCUT2D eigenvalue weighted by molar-refractivity contribution is -0.137. The number of carbonyl (C=O) groups excluding carboxylic acids is 3. The number of likely N-dealkylation sites (N-methyl/N-ethyl adjacent to an activating group) is 1. The van der Waals surface area contributed by atoms with Gasteiger partial charge in [0.15, 0.2) is 0 Å². The van der Waals surface area contributed by atoms with Gasteiger partial charge in [0.25, 0.3) is 5.91 Å². The number of hydrogen-bond acceptors (Lipinski definition) is 3. The third-order valence-electron chi connectivity index (χ3n) is 5.90. The van der Waals surface area contributed by atoms with E-state index >= 15 is 0 Å². The lowest BCUT2D eigenvalue weighted by Crippen LogP contribution is -2.49. The summed E-state index contributed by atoms with van der Waals surface area (Å²) in [6.45, 7) is 1.22. The van der Waals surface area contributed by atoms with Crippen molar-refractivity contribution in [3.63, 3.8) is 0 Å². The fourth-order valence-corrected chi connectivity index (χ4v) is 4.15. The maximum Gasteiger partial charge on any atom is 0.416 e. The average Bonchev–Trinajstić information content (AvgIpc) is 2.84. The number of nitrogens with zero attached hydrogens (tertiary/aromatic N) is 2. The van der Waals surface area contributed by atoms with Crippen LogP contribution in [0.5, 0.6) is 0 Å². The predicted octanol–water partition coefficient (Wildman–Crippen LogP) is 3.48. The van der Waals surface area contributed by atoms with Gasteiger partial charge in [-0.15, -0.1) is 0 Å². The number of benzene rings is 1. The van der Waals surface area contributed by atoms with E-state index in [0.717, 1.165) is 36.3 Å². The van der Waals surface area contributed by atoms with Gasteiger partial charge in [0.1, 0.15) is 12.1 Å². The minimum Gasteiger partial charge on any atom is -0.348 e. The van der Waals surface area contributed by atoms with Crippen molar-refractivity contribution in [2.24, 2.45) is 0 Å². The maximum absolute atomic E-state index is 12.9. The van der Waals surface area contributed by atoms with Crippen LogP contribution in [0.1, 0.15) is 56.2 Å². The summed E-state index contributed by atoms with van der Waals surface area (Å²) in [4.78, 5) is 40.3. The van der Waals surface area contributed by atoms with E-state index in [0.29, 0.717) is 18.4 Å². The van der Waals surface area contributed by atoms with Gasteiger partial charge in [0.2, 0.25) is 5.91 Å². The molecule has 1 N–H and O–H groups in total. The van der Waals surface area contributed by atoms with E-state index in [9.17, 15) is 27.6 Å². The van der Waals surface area contributed by atoms with Gasteiger partial charge in [-0.3, -0.25) is 14.5 Å². The van der Waals surface area contributed by atoms with Gasteiger partial charge in [-0.05, 0) is 37.5 Å². The lowest BCUT2D eigenvalue weighted by Gasteiger charge is -2.35. The number of halogens is 3. The van der Waals surface area contributed by atoms with Crippen molar-refractivity contribution >= 4 is 17.8 Å². The zero-order valence-electron chi connectivity index (χ0n) is 16.4. The Morgan fingerprint density at radius 3 is 2.28 bits per heavy atom. The van der Waals surface area contributed by atoms with Gasteiger partial charge in [-0.1, -0.05) is 31.4 Å². The van der Waals surface area contributed by atoms with Crippen molar-refractivity contribution in [1.29, 1.82) is 0 Å². The fourth-order valence-electron chi connectivity index (χ4n) is 4.15. The summed E-state index contributed by atoms with van der Waals surface area (Å²) in [5, 5.41) is 2.64. The monoisotopic (exact) mass is 411 g/mol. The van der Waals surface area contributed by atoms with Crippen LogP contribution in [0.2, 0.25) is 0 Å². The molecule has 1 saturated carbocycles. The fraction of sp³-hybridized carbons (Fsp3) is 0.550. The lowest BCUT2D eigenvalue weighted by atomic mass is 9.81. The highest BCUT2D eigenvalue weighted by Gasteiger charge is 2.55.